The maximum atomic E-state index is 12.9. The molecule has 0 radical (unpaired) electrons. The number of aliphatic carboxylic acids is 1. The van der Waals surface area contributed by atoms with Crippen molar-refractivity contribution in [3.63, 3.8) is 0 Å². The molecule has 0 heterocycles. The lowest BCUT2D eigenvalue weighted by molar-refractivity contribution is -0.139. The van der Waals surface area contributed by atoms with Crippen molar-refractivity contribution in [2.75, 3.05) is 6.54 Å². The van der Waals surface area contributed by atoms with Crippen LogP contribution in [0.1, 0.15) is 85.0 Å². The molecule has 1 aliphatic carbocycles. The Morgan fingerprint density at radius 1 is 1.00 bits per heavy atom. The summed E-state index contributed by atoms with van der Waals surface area (Å²) in [5.74, 6) is -0.551. The zero-order valence-corrected chi connectivity index (χ0v) is 18.9. The highest BCUT2D eigenvalue weighted by Crippen LogP contribution is 2.27. The Morgan fingerprint density at radius 3 is 2.20 bits per heavy atom. The molecule has 8 heteroatoms. The third kappa shape index (κ3) is 9.78. The van der Waals surface area contributed by atoms with Gasteiger partial charge in [-0.15, -0.1) is 0 Å². The number of carboxylic acids is 1. The summed E-state index contributed by atoms with van der Waals surface area (Å²) in [6.07, 6.45) is 8.80. The Bertz CT molecular complexity index is 537. The Morgan fingerprint density at radius 2 is 1.63 bits per heavy atom. The van der Waals surface area contributed by atoms with E-state index in [4.69, 9.17) is 5.73 Å². The Balaban J connectivity index is 2.75. The van der Waals surface area contributed by atoms with E-state index in [1.165, 1.54) is 6.42 Å². The number of carboxylic acid groups (broad SMARTS) is 1. The average Bonchev–Trinajstić information content (AvgIpc) is 2.72. The van der Waals surface area contributed by atoms with Gasteiger partial charge in [0.15, 0.2) is 0 Å². The molecular formula is C22H42N4O4. The number of nitrogens with one attached hydrogen (secondary N) is 3. The number of carbonyl (C=O) groups excluding carboxylic acids is 2. The lowest BCUT2D eigenvalue weighted by atomic mass is 9.84. The van der Waals surface area contributed by atoms with Crippen molar-refractivity contribution in [2.45, 2.75) is 103 Å². The molecular weight excluding hydrogens is 384 g/mol. The fraction of sp³-hybridized carbons (Fsp3) is 0.864. The number of hydrogen-bond acceptors (Lipinski definition) is 4. The van der Waals surface area contributed by atoms with E-state index in [1.807, 2.05) is 6.92 Å². The summed E-state index contributed by atoms with van der Waals surface area (Å²) >= 11 is 0. The van der Waals surface area contributed by atoms with Crippen LogP contribution < -0.4 is 21.7 Å². The summed E-state index contributed by atoms with van der Waals surface area (Å²) in [6, 6.07) is -2.27. The Labute approximate surface area is 181 Å². The smallest absolute Gasteiger partial charge is 0.326 e. The highest BCUT2D eigenvalue weighted by atomic mass is 16.4. The molecule has 0 spiro atoms. The van der Waals surface area contributed by atoms with Crippen LogP contribution in [0.5, 0.6) is 0 Å². The molecule has 1 aliphatic rings. The van der Waals surface area contributed by atoms with Gasteiger partial charge in [0.1, 0.15) is 12.1 Å². The average molecular weight is 427 g/mol. The quantitative estimate of drug-likeness (QED) is 0.289. The van der Waals surface area contributed by atoms with Gasteiger partial charge in [0.05, 0.1) is 0 Å². The van der Waals surface area contributed by atoms with Crippen LogP contribution in [-0.4, -0.2) is 47.7 Å². The van der Waals surface area contributed by atoms with E-state index in [-0.39, 0.29) is 11.9 Å². The van der Waals surface area contributed by atoms with Crippen LogP contribution in [0.3, 0.4) is 0 Å². The summed E-state index contributed by atoms with van der Waals surface area (Å²) < 4.78 is 0. The van der Waals surface area contributed by atoms with Crippen molar-refractivity contribution in [1.29, 1.82) is 0 Å². The summed E-state index contributed by atoms with van der Waals surface area (Å²) in [5.41, 5.74) is 5.46. The van der Waals surface area contributed by atoms with Crippen LogP contribution >= 0.6 is 0 Å². The molecule has 3 amide bonds. The van der Waals surface area contributed by atoms with Crippen LogP contribution in [0.25, 0.3) is 0 Å². The van der Waals surface area contributed by atoms with E-state index < -0.39 is 24.1 Å². The monoisotopic (exact) mass is 426 g/mol. The summed E-state index contributed by atoms with van der Waals surface area (Å²) in [4.78, 5) is 36.9. The van der Waals surface area contributed by atoms with Crippen molar-refractivity contribution in [3.05, 3.63) is 0 Å². The van der Waals surface area contributed by atoms with Gasteiger partial charge < -0.3 is 26.8 Å². The second-order valence-corrected chi connectivity index (χ2v) is 8.77. The lowest BCUT2D eigenvalue weighted by Gasteiger charge is -2.29. The van der Waals surface area contributed by atoms with Gasteiger partial charge in [-0.25, -0.2) is 9.59 Å². The van der Waals surface area contributed by atoms with Crippen LogP contribution in [-0.2, 0) is 9.59 Å². The zero-order valence-electron chi connectivity index (χ0n) is 18.9. The molecule has 0 saturated heterocycles. The predicted molar refractivity (Wildman–Crippen MR) is 118 cm³/mol. The molecule has 4 atom stereocenters. The lowest BCUT2D eigenvalue weighted by Crippen LogP contribution is -2.55. The summed E-state index contributed by atoms with van der Waals surface area (Å²) in [5, 5.41) is 17.7. The molecule has 0 bridgehead atoms. The number of nitrogens with two attached hydrogens (primary N) is 1. The van der Waals surface area contributed by atoms with E-state index in [2.05, 4.69) is 29.8 Å². The van der Waals surface area contributed by atoms with E-state index >= 15 is 0 Å². The molecule has 0 aromatic rings. The first-order valence-electron chi connectivity index (χ1n) is 11.6. The predicted octanol–water partition coefficient (Wildman–Crippen LogP) is 2.76. The van der Waals surface area contributed by atoms with E-state index in [0.29, 0.717) is 44.1 Å². The van der Waals surface area contributed by atoms with Crippen LogP contribution in [0, 0.1) is 11.8 Å². The minimum Gasteiger partial charge on any atom is -0.480 e. The first-order valence-corrected chi connectivity index (χ1v) is 11.6. The van der Waals surface area contributed by atoms with Gasteiger partial charge in [-0.1, -0.05) is 52.4 Å². The normalized spacial score (nSPS) is 18.7. The van der Waals surface area contributed by atoms with Gasteiger partial charge in [0.25, 0.3) is 0 Å². The summed E-state index contributed by atoms with van der Waals surface area (Å²) in [6.45, 7) is 6.62. The second kappa shape index (κ2) is 14.2. The molecule has 1 rings (SSSR count). The second-order valence-electron chi connectivity index (χ2n) is 8.77. The van der Waals surface area contributed by atoms with Crippen LogP contribution in [0.15, 0.2) is 0 Å². The standard InChI is InChI=1S/C22H42N4O4/c1-4-15(2)16(3)24-20(27)19(14-17-10-6-5-7-11-17)26-22(30)25-18(21(28)29)12-8-9-13-23/h15-19H,4-14,23H2,1-3H3,(H,24,27)(H,28,29)(H2,25,26,30). The molecule has 0 aliphatic heterocycles. The highest BCUT2D eigenvalue weighted by Gasteiger charge is 2.29. The van der Waals surface area contributed by atoms with E-state index in [9.17, 15) is 19.5 Å². The van der Waals surface area contributed by atoms with Crippen molar-refractivity contribution in [2.24, 2.45) is 17.6 Å². The zero-order chi connectivity index (χ0) is 22.5. The summed E-state index contributed by atoms with van der Waals surface area (Å²) in [7, 11) is 0. The third-order valence-electron chi connectivity index (χ3n) is 6.33. The minimum absolute atomic E-state index is 0.00393. The number of urea groups is 1. The number of rotatable bonds is 13. The maximum Gasteiger partial charge on any atom is 0.326 e. The van der Waals surface area contributed by atoms with Crippen molar-refractivity contribution >= 4 is 17.9 Å². The fourth-order valence-electron chi connectivity index (χ4n) is 3.92. The largest absolute Gasteiger partial charge is 0.480 e. The first kappa shape index (κ1) is 26.2. The van der Waals surface area contributed by atoms with Crippen molar-refractivity contribution in [1.82, 2.24) is 16.0 Å². The third-order valence-corrected chi connectivity index (χ3v) is 6.33. The van der Waals surface area contributed by atoms with Gasteiger partial charge in [0.2, 0.25) is 5.91 Å². The maximum absolute atomic E-state index is 12.9. The minimum atomic E-state index is -1.08. The molecule has 0 aromatic heterocycles. The highest BCUT2D eigenvalue weighted by molar-refractivity contribution is 5.88. The molecule has 8 nitrogen and oxygen atoms in total. The molecule has 6 N–H and O–H groups in total. The van der Waals surface area contributed by atoms with E-state index in [1.54, 1.807) is 0 Å². The molecule has 1 fully saturated rings. The van der Waals surface area contributed by atoms with Gasteiger partial charge in [-0.2, -0.15) is 0 Å². The van der Waals surface area contributed by atoms with Crippen LogP contribution in [0.4, 0.5) is 4.79 Å². The van der Waals surface area contributed by atoms with Crippen molar-refractivity contribution in [3.8, 4) is 0 Å². The van der Waals surface area contributed by atoms with Gasteiger partial charge in [-0.3, -0.25) is 4.79 Å². The molecule has 4 unspecified atom stereocenters. The van der Waals surface area contributed by atoms with Crippen molar-refractivity contribution < 1.29 is 19.5 Å². The number of carbonyl (C=O) groups is 3. The van der Waals surface area contributed by atoms with Gasteiger partial charge in [-0.05, 0) is 51.0 Å². The molecule has 174 valence electrons. The topological polar surface area (TPSA) is 134 Å². The SMILES string of the molecule is CCC(C)C(C)NC(=O)C(CC1CCCCC1)NC(=O)NC(CCCCN)C(=O)O. The Kier molecular flexibility index (Phi) is 12.4. The van der Waals surface area contributed by atoms with Gasteiger partial charge in [0, 0.05) is 6.04 Å². The number of hydrogen-bond donors (Lipinski definition) is 5. The first-order chi connectivity index (χ1) is 14.3. The fourth-order valence-corrected chi connectivity index (χ4v) is 3.92. The van der Waals surface area contributed by atoms with E-state index in [0.717, 1.165) is 32.1 Å². The number of unbranched alkanes of at least 4 members (excludes halogenated alkanes) is 1. The van der Waals surface area contributed by atoms with Crippen LogP contribution in [0.2, 0.25) is 0 Å². The molecule has 1 saturated carbocycles. The molecule has 30 heavy (non-hydrogen) atoms. The molecule has 0 aromatic carbocycles. The number of amides is 3. The van der Waals surface area contributed by atoms with Gasteiger partial charge >= 0.3 is 12.0 Å². The Hall–Kier alpha value is -1.83.